The van der Waals surface area contributed by atoms with Gasteiger partial charge < -0.3 is 0 Å². The van der Waals surface area contributed by atoms with Gasteiger partial charge >= 0.3 is 6.18 Å². The molecule has 0 saturated carbocycles. The second-order valence-corrected chi connectivity index (χ2v) is 9.16. The van der Waals surface area contributed by atoms with Crippen LogP contribution in [0.25, 0.3) is 28.4 Å². The summed E-state index contributed by atoms with van der Waals surface area (Å²) in [6, 6.07) is 5.26. The van der Waals surface area contributed by atoms with E-state index < -0.39 is 27.1 Å². The number of sulfonamides is 1. The lowest BCUT2D eigenvalue weighted by Gasteiger charge is -2.17. The summed E-state index contributed by atoms with van der Waals surface area (Å²) < 4.78 is 66.2. The largest absolute Gasteiger partial charge is 0.404 e. The fraction of sp³-hybridized carbons (Fsp3) is 0.150. The Labute approximate surface area is 195 Å². The zero-order valence-electron chi connectivity index (χ0n) is 17.1. The molecule has 4 aromatic heterocycles. The van der Waals surface area contributed by atoms with E-state index in [9.17, 15) is 26.9 Å². The summed E-state index contributed by atoms with van der Waals surface area (Å²) in [5, 5.41) is 10.5. The second kappa shape index (κ2) is 8.64. The Morgan fingerprint density at radius 3 is 2.44 bits per heavy atom. The van der Waals surface area contributed by atoms with Crippen molar-refractivity contribution >= 4 is 32.7 Å². The van der Waals surface area contributed by atoms with E-state index in [1.54, 1.807) is 10.8 Å². The quantitative estimate of drug-likeness (QED) is 0.437. The van der Waals surface area contributed by atoms with Crippen molar-refractivity contribution in [1.82, 2.24) is 29.2 Å². The number of fused-ring (bicyclic) bond motifs is 1. The van der Waals surface area contributed by atoms with Gasteiger partial charge in [0.2, 0.25) is 16.0 Å². The molecule has 0 aliphatic heterocycles. The number of hydrogen-bond donors (Lipinski definition) is 1. The van der Waals surface area contributed by atoms with Crippen molar-refractivity contribution in [3.63, 3.8) is 0 Å². The highest BCUT2D eigenvalue weighted by molar-refractivity contribution is 7.89. The van der Waals surface area contributed by atoms with Gasteiger partial charge in [-0.05, 0) is 31.2 Å². The zero-order chi connectivity index (χ0) is 24.7. The highest BCUT2D eigenvalue weighted by Gasteiger charge is 2.39. The van der Waals surface area contributed by atoms with E-state index in [1.165, 1.54) is 35.3 Å². The Hall–Kier alpha value is -3.60. The molecule has 0 aromatic carbocycles. The smallest absolute Gasteiger partial charge is 0.259 e. The average Bonchev–Trinajstić information content (AvgIpc) is 3.12. The first kappa shape index (κ1) is 23.6. The maximum Gasteiger partial charge on any atom is 0.404 e. The number of alkyl halides is 3. The number of pyridine rings is 2. The van der Waals surface area contributed by atoms with Crippen LogP contribution >= 0.6 is 11.6 Å². The monoisotopic (exact) mass is 507 g/mol. The summed E-state index contributed by atoms with van der Waals surface area (Å²) in [6.45, 7) is 0.689. The number of nitrogens with zero attached hydrogens (tertiary/aromatic N) is 6. The minimum Gasteiger partial charge on any atom is -0.259 e. The Bertz CT molecular complexity index is 1520. The molecule has 174 valence electrons. The molecule has 0 spiro atoms. The molecule has 9 nitrogen and oxygen atoms in total. The average molecular weight is 508 g/mol. The first-order valence-electron chi connectivity index (χ1n) is 9.46. The third-order valence-electron chi connectivity index (χ3n) is 4.75. The predicted octanol–water partition coefficient (Wildman–Crippen LogP) is 3.63. The van der Waals surface area contributed by atoms with Crippen molar-refractivity contribution in [2.75, 3.05) is 0 Å². The molecule has 1 unspecified atom stereocenters. The number of rotatable bonds is 5. The van der Waals surface area contributed by atoms with Crippen molar-refractivity contribution in [2.45, 2.75) is 24.0 Å². The Kier molecular flexibility index (Phi) is 5.98. The van der Waals surface area contributed by atoms with Gasteiger partial charge in [-0.15, -0.1) is 0 Å². The molecule has 0 aliphatic rings. The number of nitrogens with one attached hydrogen (secondary N) is 1. The van der Waals surface area contributed by atoms with Gasteiger partial charge in [0, 0.05) is 30.2 Å². The topological polar surface area (TPSA) is 126 Å². The van der Waals surface area contributed by atoms with E-state index in [4.69, 9.17) is 11.6 Å². The van der Waals surface area contributed by atoms with E-state index in [2.05, 4.69) is 26.0 Å². The normalized spacial score (nSPS) is 13.1. The fourth-order valence-corrected chi connectivity index (χ4v) is 4.48. The van der Waals surface area contributed by atoms with Gasteiger partial charge in [0.25, 0.3) is 0 Å². The van der Waals surface area contributed by atoms with Crippen LogP contribution in [-0.2, 0) is 10.0 Å². The molecule has 0 radical (unpaired) electrons. The molecule has 0 bridgehead atoms. The Balaban J connectivity index is 1.87. The molecular weight excluding hydrogens is 495 g/mol. The van der Waals surface area contributed by atoms with Gasteiger partial charge in [-0.3, -0.25) is 9.55 Å². The van der Waals surface area contributed by atoms with Crippen LogP contribution in [0.5, 0.6) is 0 Å². The minimum atomic E-state index is -4.76. The molecule has 1 atom stereocenters. The summed E-state index contributed by atoms with van der Waals surface area (Å²) in [5.74, 6) is 0.165. The fourth-order valence-electron chi connectivity index (χ4n) is 3.14. The van der Waals surface area contributed by atoms with Gasteiger partial charge in [0.05, 0.1) is 22.0 Å². The van der Waals surface area contributed by atoms with E-state index in [0.29, 0.717) is 18.0 Å². The SMILES string of the molecule is CC(NS(=O)(=O)c1ccc(-c2c(C#N)c3cc(Cl)cnc3n2-c2ncccn2)nc1)C(F)(F)F. The van der Waals surface area contributed by atoms with Gasteiger partial charge in [-0.1, -0.05) is 11.6 Å². The maximum atomic E-state index is 12.8. The van der Waals surface area contributed by atoms with Crippen LogP contribution < -0.4 is 4.72 Å². The van der Waals surface area contributed by atoms with Crippen molar-refractivity contribution in [1.29, 1.82) is 5.26 Å². The number of aromatic nitrogens is 5. The molecular formula is C20H13ClF3N7O2S. The van der Waals surface area contributed by atoms with Crippen LogP contribution in [0, 0.1) is 11.3 Å². The van der Waals surface area contributed by atoms with Crippen molar-refractivity contribution in [3.05, 3.63) is 59.6 Å². The Morgan fingerprint density at radius 2 is 1.85 bits per heavy atom. The molecule has 0 aliphatic carbocycles. The summed E-state index contributed by atoms with van der Waals surface area (Å²) >= 11 is 6.06. The van der Waals surface area contributed by atoms with E-state index >= 15 is 0 Å². The van der Waals surface area contributed by atoms with Crippen LogP contribution in [0.2, 0.25) is 5.02 Å². The van der Waals surface area contributed by atoms with Crippen molar-refractivity contribution in [2.24, 2.45) is 0 Å². The maximum absolute atomic E-state index is 12.8. The lowest BCUT2D eigenvalue weighted by molar-refractivity contribution is -0.147. The summed E-state index contributed by atoms with van der Waals surface area (Å²) in [5.41, 5.74) is 0.783. The first-order valence-corrected chi connectivity index (χ1v) is 11.3. The van der Waals surface area contributed by atoms with Gasteiger partial charge in [-0.25, -0.2) is 23.4 Å². The van der Waals surface area contributed by atoms with Crippen LogP contribution in [0.4, 0.5) is 13.2 Å². The molecule has 14 heteroatoms. The van der Waals surface area contributed by atoms with E-state index in [-0.39, 0.29) is 27.9 Å². The molecule has 4 rings (SSSR count). The molecule has 1 N–H and O–H groups in total. The van der Waals surface area contributed by atoms with Gasteiger partial charge in [0.15, 0.2) is 0 Å². The summed E-state index contributed by atoms with van der Waals surface area (Å²) in [6.07, 6.45) is 0.487. The first-order chi connectivity index (χ1) is 16.0. The van der Waals surface area contributed by atoms with E-state index in [1.807, 2.05) is 0 Å². The summed E-state index contributed by atoms with van der Waals surface area (Å²) in [7, 11) is -4.51. The third kappa shape index (κ3) is 4.30. The van der Waals surface area contributed by atoms with Crippen molar-refractivity contribution in [3.8, 4) is 23.4 Å². The number of nitriles is 1. The lowest BCUT2D eigenvalue weighted by atomic mass is 10.1. The molecule has 0 fully saturated rings. The predicted molar refractivity (Wildman–Crippen MR) is 115 cm³/mol. The molecule has 34 heavy (non-hydrogen) atoms. The highest BCUT2D eigenvalue weighted by Crippen LogP contribution is 2.34. The van der Waals surface area contributed by atoms with Crippen molar-refractivity contribution < 1.29 is 21.6 Å². The van der Waals surface area contributed by atoms with E-state index in [0.717, 1.165) is 12.3 Å². The van der Waals surface area contributed by atoms with Crippen LogP contribution in [0.15, 0.2) is 53.9 Å². The van der Waals surface area contributed by atoms with Crippen LogP contribution in [-0.4, -0.2) is 45.1 Å². The molecule has 4 heterocycles. The Morgan fingerprint density at radius 1 is 1.15 bits per heavy atom. The summed E-state index contributed by atoms with van der Waals surface area (Å²) in [4.78, 5) is 16.3. The highest BCUT2D eigenvalue weighted by atomic mass is 35.5. The van der Waals surface area contributed by atoms with Gasteiger partial charge in [0.1, 0.15) is 22.7 Å². The molecule has 0 amide bonds. The number of halogens is 4. The molecule has 0 saturated heterocycles. The second-order valence-electron chi connectivity index (χ2n) is 7.01. The minimum absolute atomic E-state index is 0.129. The zero-order valence-corrected chi connectivity index (χ0v) is 18.7. The van der Waals surface area contributed by atoms with Crippen LogP contribution in [0.3, 0.4) is 0 Å². The lowest BCUT2D eigenvalue weighted by Crippen LogP contribution is -2.42. The molecule has 4 aromatic rings. The van der Waals surface area contributed by atoms with Crippen LogP contribution in [0.1, 0.15) is 12.5 Å². The third-order valence-corrected chi connectivity index (χ3v) is 6.48. The van der Waals surface area contributed by atoms with Gasteiger partial charge in [-0.2, -0.15) is 23.2 Å². The number of hydrogen-bond acceptors (Lipinski definition) is 7. The standard InChI is InChI=1S/C20H13ClF3N7O2S/c1-11(20(22,23)24)30-34(32,33)13-3-4-16(28-10-13)17-15(8-25)14-7-12(21)9-29-18(14)31(17)19-26-5-2-6-27-19/h2-7,9-11,30H,1H3.